The first-order valence-corrected chi connectivity index (χ1v) is 3.26. The van der Waals surface area contributed by atoms with Gasteiger partial charge >= 0.3 is 0 Å². The Kier molecular flexibility index (Phi) is 4.35. The molecule has 3 N–H and O–H groups in total. The van der Waals surface area contributed by atoms with Crippen molar-refractivity contribution in [1.82, 2.24) is 5.32 Å². The quantitative estimate of drug-likeness (QED) is 0.448. The Morgan fingerprint density at radius 3 is 2.67 bits per heavy atom. The molecule has 0 saturated heterocycles. The summed E-state index contributed by atoms with van der Waals surface area (Å²) in [5.74, 6) is 0.0477. The second-order valence-corrected chi connectivity index (χ2v) is 2.17. The van der Waals surface area contributed by atoms with Gasteiger partial charge in [0.1, 0.15) is 0 Å². The molecule has 0 unspecified atom stereocenters. The number of nitrogens with two attached hydrogens (primary N) is 1. The average Bonchev–Trinajstić information content (AvgIpc) is 1.63. The molecular weight excluding hydrogens is 160 g/mol. The zero-order valence-electron chi connectivity index (χ0n) is 4.69. The number of alkyl halides is 1. The van der Waals surface area contributed by atoms with Gasteiger partial charge in [-0.25, -0.2) is 0 Å². The minimum Gasteiger partial charge on any atom is -0.376 e. The molecular formula is C4H7ClN2OS. The van der Waals surface area contributed by atoms with Crippen LogP contribution in [0, 0.1) is 0 Å². The Balaban J connectivity index is 3.39. The van der Waals surface area contributed by atoms with E-state index in [9.17, 15) is 4.79 Å². The van der Waals surface area contributed by atoms with Gasteiger partial charge in [0.2, 0.25) is 5.91 Å². The largest absolute Gasteiger partial charge is 0.376 e. The molecule has 52 valence electrons. The summed E-state index contributed by atoms with van der Waals surface area (Å²) in [5.41, 5.74) is 4.98. The van der Waals surface area contributed by atoms with Crippen LogP contribution in [0.2, 0.25) is 0 Å². The van der Waals surface area contributed by atoms with E-state index in [0.717, 1.165) is 0 Å². The molecule has 0 radical (unpaired) electrons. The molecule has 0 aliphatic heterocycles. The third-order valence-electron chi connectivity index (χ3n) is 0.584. The third-order valence-corrected chi connectivity index (χ3v) is 0.875. The number of hydrogen-bond acceptors (Lipinski definition) is 2. The topological polar surface area (TPSA) is 55.1 Å². The van der Waals surface area contributed by atoms with Gasteiger partial charge in [0, 0.05) is 12.3 Å². The molecule has 0 saturated carbocycles. The summed E-state index contributed by atoms with van der Waals surface area (Å²) in [6.45, 7) is 0. The summed E-state index contributed by atoms with van der Waals surface area (Å²) in [6, 6.07) is 0. The van der Waals surface area contributed by atoms with Gasteiger partial charge in [0.15, 0.2) is 5.11 Å². The van der Waals surface area contributed by atoms with Gasteiger partial charge in [0.05, 0.1) is 0 Å². The highest BCUT2D eigenvalue weighted by Gasteiger charge is 1.98. The highest BCUT2D eigenvalue weighted by atomic mass is 35.5. The predicted octanol–water partition coefficient (Wildman–Crippen LogP) is -0.0249. The zero-order valence-corrected chi connectivity index (χ0v) is 6.26. The van der Waals surface area contributed by atoms with Crippen molar-refractivity contribution in [2.45, 2.75) is 6.42 Å². The van der Waals surface area contributed by atoms with Crippen molar-refractivity contribution in [3.63, 3.8) is 0 Å². The molecule has 0 heterocycles. The predicted molar refractivity (Wildman–Crippen MR) is 40.3 cm³/mol. The van der Waals surface area contributed by atoms with Crippen LogP contribution in [0.4, 0.5) is 0 Å². The summed E-state index contributed by atoms with van der Waals surface area (Å²) in [6.07, 6.45) is 0.249. The molecule has 0 bridgehead atoms. The first-order valence-electron chi connectivity index (χ1n) is 2.32. The maximum atomic E-state index is 10.5. The van der Waals surface area contributed by atoms with E-state index >= 15 is 0 Å². The van der Waals surface area contributed by atoms with E-state index in [1.165, 1.54) is 0 Å². The smallest absolute Gasteiger partial charge is 0.227 e. The van der Waals surface area contributed by atoms with Crippen LogP contribution in [0.15, 0.2) is 0 Å². The number of rotatable bonds is 2. The number of amides is 1. The third kappa shape index (κ3) is 5.52. The lowest BCUT2D eigenvalue weighted by Crippen LogP contribution is -2.34. The first kappa shape index (κ1) is 8.65. The normalized spacial score (nSPS) is 8.56. The SMILES string of the molecule is NC(=S)NC(=O)CCCl. The van der Waals surface area contributed by atoms with Crippen LogP contribution in [0.25, 0.3) is 0 Å². The maximum Gasteiger partial charge on any atom is 0.227 e. The van der Waals surface area contributed by atoms with Gasteiger partial charge in [-0.15, -0.1) is 11.6 Å². The molecule has 0 aliphatic rings. The summed E-state index contributed by atoms with van der Waals surface area (Å²) in [4.78, 5) is 10.5. The summed E-state index contributed by atoms with van der Waals surface area (Å²) >= 11 is 9.62. The molecule has 1 amide bonds. The molecule has 0 aromatic heterocycles. The van der Waals surface area contributed by atoms with Crippen molar-refractivity contribution < 1.29 is 4.79 Å². The van der Waals surface area contributed by atoms with Crippen LogP contribution in [0.5, 0.6) is 0 Å². The minimum absolute atomic E-state index is 0.00915. The molecule has 3 nitrogen and oxygen atoms in total. The molecule has 0 aliphatic carbocycles. The van der Waals surface area contributed by atoms with Crippen LogP contribution >= 0.6 is 23.8 Å². The number of halogens is 1. The number of carbonyl (C=O) groups excluding carboxylic acids is 1. The Morgan fingerprint density at radius 1 is 1.78 bits per heavy atom. The molecule has 0 fully saturated rings. The van der Waals surface area contributed by atoms with Crippen LogP contribution < -0.4 is 11.1 Å². The Labute approximate surface area is 63.5 Å². The number of carbonyl (C=O) groups is 1. The van der Waals surface area contributed by atoms with Gasteiger partial charge in [-0.1, -0.05) is 0 Å². The van der Waals surface area contributed by atoms with E-state index in [0.29, 0.717) is 0 Å². The Hall–Kier alpha value is -0.350. The lowest BCUT2D eigenvalue weighted by molar-refractivity contribution is -0.119. The number of nitrogens with one attached hydrogen (secondary N) is 1. The lowest BCUT2D eigenvalue weighted by atomic mass is 10.5. The van der Waals surface area contributed by atoms with Gasteiger partial charge in [-0.2, -0.15) is 0 Å². The molecule has 0 rings (SSSR count). The first-order chi connectivity index (χ1) is 4.16. The van der Waals surface area contributed by atoms with Gasteiger partial charge in [-0.3, -0.25) is 4.79 Å². The fourth-order valence-corrected chi connectivity index (χ4v) is 0.571. The van der Waals surface area contributed by atoms with Gasteiger partial charge < -0.3 is 11.1 Å². The van der Waals surface area contributed by atoms with Crippen LogP contribution in [-0.2, 0) is 4.79 Å². The standard InChI is InChI=1S/C4H7ClN2OS/c5-2-1-3(8)7-4(6)9/h1-2H2,(H3,6,7,8,9). The maximum absolute atomic E-state index is 10.5. The summed E-state index contributed by atoms with van der Waals surface area (Å²) < 4.78 is 0. The van der Waals surface area contributed by atoms with Crippen molar-refractivity contribution >= 4 is 34.8 Å². The molecule has 0 aromatic rings. The minimum atomic E-state index is -0.238. The number of thiocarbonyl (C=S) groups is 1. The highest BCUT2D eigenvalue weighted by molar-refractivity contribution is 7.80. The van der Waals surface area contributed by atoms with Crippen molar-refractivity contribution in [1.29, 1.82) is 0 Å². The zero-order chi connectivity index (χ0) is 7.28. The van der Waals surface area contributed by atoms with E-state index in [1.54, 1.807) is 0 Å². The van der Waals surface area contributed by atoms with Crippen molar-refractivity contribution in [2.75, 3.05) is 5.88 Å². The molecule has 0 atom stereocenters. The molecule has 5 heteroatoms. The van der Waals surface area contributed by atoms with E-state index < -0.39 is 0 Å². The Bertz CT molecular complexity index is 128. The van der Waals surface area contributed by atoms with Crippen LogP contribution in [0.3, 0.4) is 0 Å². The second kappa shape index (κ2) is 4.52. The average molecular weight is 167 g/mol. The fourth-order valence-electron chi connectivity index (χ4n) is 0.286. The van der Waals surface area contributed by atoms with E-state index in [1.807, 2.05) is 0 Å². The summed E-state index contributed by atoms with van der Waals surface area (Å²) in [5, 5.41) is 2.22. The monoisotopic (exact) mass is 166 g/mol. The van der Waals surface area contributed by atoms with Crippen LogP contribution in [0.1, 0.15) is 6.42 Å². The van der Waals surface area contributed by atoms with Crippen molar-refractivity contribution in [2.24, 2.45) is 5.73 Å². The Morgan fingerprint density at radius 2 is 2.33 bits per heavy atom. The van der Waals surface area contributed by atoms with E-state index in [4.69, 9.17) is 17.3 Å². The van der Waals surface area contributed by atoms with Crippen LogP contribution in [-0.4, -0.2) is 16.9 Å². The van der Waals surface area contributed by atoms with Crippen molar-refractivity contribution in [3.05, 3.63) is 0 Å². The highest BCUT2D eigenvalue weighted by Crippen LogP contribution is 1.82. The van der Waals surface area contributed by atoms with Gasteiger partial charge in [0.25, 0.3) is 0 Å². The van der Waals surface area contributed by atoms with E-state index in [-0.39, 0.29) is 23.3 Å². The molecule has 0 aromatic carbocycles. The molecule has 0 spiro atoms. The van der Waals surface area contributed by atoms with Crippen molar-refractivity contribution in [3.8, 4) is 0 Å². The van der Waals surface area contributed by atoms with E-state index in [2.05, 4.69) is 17.5 Å². The number of hydrogen-bond donors (Lipinski definition) is 2. The van der Waals surface area contributed by atoms with Gasteiger partial charge in [-0.05, 0) is 12.2 Å². The second-order valence-electron chi connectivity index (χ2n) is 1.35. The summed E-state index contributed by atoms with van der Waals surface area (Å²) in [7, 11) is 0. The fraction of sp³-hybridized carbons (Fsp3) is 0.500. The molecule has 9 heavy (non-hydrogen) atoms. The lowest BCUT2D eigenvalue weighted by Gasteiger charge is -1.97.